The summed E-state index contributed by atoms with van der Waals surface area (Å²) in [4.78, 5) is 18.5. The standard InChI is InChI=1S/C16H24N4O/c1-9-6-11(3)17-15-14(9)16(21)18-20(15)13-7-12(4)19(5)8-10(13)2/h6,10,12-13H,7-8H2,1-5H3,(H,18,21)/p+1/t10-,12+,13+/m0/s1. The van der Waals surface area contributed by atoms with Gasteiger partial charge in [0.15, 0.2) is 5.65 Å². The number of rotatable bonds is 1. The Kier molecular flexibility index (Phi) is 3.40. The lowest BCUT2D eigenvalue weighted by Crippen LogP contribution is -3.14. The monoisotopic (exact) mass is 289 g/mol. The maximum absolute atomic E-state index is 12.3. The van der Waals surface area contributed by atoms with Crippen molar-refractivity contribution < 1.29 is 4.90 Å². The van der Waals surface area contributed by atoms with Crippen molar-refractivity contribution in [2.24, 2.45) is 5.92 Å². The Hall–Kier alpha value is -1.62. The molecular weight excluding hydrogens is 264 g/mol. The summed E-state index contributed by atoms with van der Waals surface area (Å²) in [6.07, 6.45) is 1.07. The van der Waals surface area contributed by atoms with Crippen LogP contribution in [0.1, 0.15) is 37.6 Å². The van der Waals surface area contributed by atoms with E-state index in [1.54, 1.807) is 4.90 Å². The predicted molar refractivity (Wildman–Crippen MR) is 83.9 cm³/mol. The van der Waals surface area contributed by atoms with E-state index in [1.807, 2.05) is 24.6 Å². The fraction of sp³-hybridized carbons (Fsp3) is 0.625. The summed E-state index contributed by atoms with van der Waals surface area (Å²) in [6.45, 7) is 9.65. The number of aromatic amines is 1. The quantitative estimate of drug-likeness (QED) is 0.817. The summed E-state index contributed by atoms with van der Waals surface area (Å²) in [5.41, 5.74) is 2.78. The van der Waals surface area contributed by atoms with Crippen LogP contribution in [0, 0.1) is 19.8 Å². The first-order chi connectivity index (χ1) is 9.88. The minimum atomic E-state index is -0.0128. The van der Waals surface area contributed by atoms with Gasteiger partial charge >= 0.3 is 0 Å². The molecule has 2 aromatic rings. The highest BCUT2D eigenvalue weighted by Gasteiger charge is 2.34. The molecule has 1 saturated heterocycles. The molecule has 0 spiro atoms. The van der Waals surface area contributed by atoms with Gasteiger partial charge in [0, 0.05) is 18.0 Å². The van der Waals surface area contributed by atoms with E-state index in [0.717, 1.165) is 35.3 Å². The van der Waals surface area contributed by atoms with Gasteiger partial charge in [-0.25, -0.2) is 4.98 Å². The van der Waals surface area contributed by atoms with Gasteiger partial charge in [-0.1, -0.05) is 6.92 Å². The maximum atomic E-state index is 12.3. The Morgan fingerprint density at radius 2 is 2.10 bits per heavy atom. The molecule has 21 heavy (non-hydrogen) atoms. The second kappa shape index (κ2) is 4.98. The Labute approximate surface area is 125 Å². The molecule has 4 atom stereocenters. The summed E-state index contributed by atoms with van der Waals surface area (Å²) >= 11 is 0. The van der Waals surface area contributed by atoms with Crippen LogP contribution in [0.4, 0.5) is 0 Å². The molecule has 114 valence electrons. The van der Waals surface area contributed by atoms with Gasteiger partial charge in [-0.05, 0) is 32.4 Å². The summed E-state index contributed by atoms with van der Waals surface area (Å²) < 4.78 is 2.03. The van der Waals surface area contributed by atoms with Crippen LogP contribution in [-0.4, -0.2) is 34.4 Å². The zero-order chi connectivity index (χ0) is 15.3. The number of piperidine rings is 1. The van der Waals surface area contributed by atoms with Gasteiger partial charge < -0.3 is 4.90 Å². The SMILES string of the molecule is Cc1cc(C)c2c(=O)[nH]n([C@@H]3C[C@@H](C)[NH+](C)C[C@@H]3C)c2n1. The molecule has 1 fully saturated rings. The van der Waals surface area contributed by atoms with Crippen molar-refractivity contribution in [2.45, 2.75) is 46.2 Å². The van der Waals surface area contributed by atoms with Crippen molar-refractivity contribution >= 4 is 11.0 Å². The molecule has 3 heterocycles. The number of nitrogens with zero attached hydrogens (tertiary/aromatic N) is 2. The number of aromatic nitrogens is 3. The third kappa shape index (κ3) is 2.29. The number of likely N-dealkylation sites (tertiary alicyclic amines) is 1. The minimum Gasteiger partial charge on any atom is -0.335 e. The van der Waals surface area contributed by atoms with Crippen LogP contribution in [-0.2, 0) is 0 Å². The minimum absolute atomic E-state index is 0.0128. The van der Waals surface area contributed by atoms with Crippen LogP contribution in [0.15, 0.2) is 10.9 Å². The smallest absolute Gasteiger partial charge is 0.273 e. The normalized spacial score (nSPS) is 30.0. The van der Waals surface area contributed by atoms with E-state index in [0.29, 0.717) is 18.0 Å². The van der Waals surface area contributed by atoms with Crippen LogP contribution in [0.3, 0.4) is 0 Å². The van der Waals surface area contributed by atoms with Gasteiger partial charge in [-0.3, -0.25) is 14.6 Å². The lowest BCUT2D eigenvalue weighted by Gasteiger charge is -2.37. The molecule has 1 unspecified atom stereocenters. The van der Waals surface area contributed by atoms with Gasteiger partial charge in [0.25, 0.3) is 5.56 Å². The van der Waals surface area contributed by atoms with Crippen molar-refractivity contribution in [3.05, 3.63) is 27.7 Å². The molecule has 5 nitrogen and oxygen atoms in total. The highest BCUT2D eigenvalue weighted by atomic mass is 16.1. The molecule has 0 aromatic carbocycles. The highest BCUT2D eigenvalue weighted by Crippen LogP contribution is 2.27. The topological polar surface area (TPSA) is 55.1 Å². The van der Waals surface area contributed by atoms with E-state index in [-0.39, 0.29) is 5.56 Å². The van der Waals surface area contributed by atoms with E-state index in [4.69, 9.17) is 0 Å². The number of hydrogen-bond donors (Lipinski definition) is 2. The number of fused-ring (bicyclic) bond motifs is 1. The predicted octanol–water partition coefficient (Wildman–Crippen LogP) is 0.826. The first-order valence-electron chi connectivity index (χ1n) is 7.79. The Morgan fingerprint density at radius 1 is 1.38 bits per heavy atom. The van der Waals surface area contributed by atoms with Crippen LogP contribution >= 0.6 is 0 Å². The van der Waals surface area contributed by atoms with E-state index in [1.165, 1.54) is 0 Å². The Balaban J connectivity index is 2.15. The zero-order valence-electron chi connectivity index (χ0n) is 13.5. The number of quaternary nitrogens is 1. The van der Waals surface area contributed by atoms with Gasteiger partial charge in [0.2, 0.25) is 0 Å². The first-order valence-corrected chi connectivity index (χ1v) is 7.79. The molecule has 1 aliphatic rings. The number of hydrogen-bond acceptors (Lipinski definition) is 2. The molecule has 2 N–H and O–H groups in total. The number of H-pyrrole nitrogens is 1. The third-order valence-electron chi connectivity index (χ3n) is 5.07. The van der Waals surface area contributed by atoms with E-state index < -0.39 is 0 Å². The van der Waals surface area contributed by atoms with E-state index in [2.05, 4.69) is 31.0 Å². The summed E-state index contributed by atoms with van der Waals surface area (Å²) in [5.74, 6) is 0.523. The van der Waals surface area contributed by atoms with E-state index in [9.17, 15) is 4.79 Å². The molecule has 5 heteroatoms. The average Bonchev–Trinajstić information content (AvgIpc) is 2.71. The van der Waals surface area contributed by atoms with Crippen LogP contribution in [0.25, 0.3) is 11.0 Å². The molecular formula is C16H25N4O+. The van der Waals surface area contributed by atoms with Crippen LogP contribution in [0.2, 0.25) is 0 Å². The Bertz CT molecular complexity index is 730. The molecule has 0 saturated carbocycles. The highest BCUT2D eigenvalue weighted by molar-refractivity contribution is 5.78. The first kappa shape index (κ1) is 14.3. The van der Waals surface area contributed by atoms with Crippen molar-refractivity contribution in [1.82, 2.24) is 14.8 Å². The van der Waals surface area contributed by atoms with Gasteiger partial charge in [0.05, 0.1) is 31.1 Å². The summed E-state index contributed by atoms with van der Waals surface area (Å²) in [6, 6.07) is 2.90. The fourth-order valence-corrected chi connectivity index (χ4v) is 3.73. The molecule has 3 rings (SSSR count). The molecule has 0 amide bonds. The summed E-state index contributed by atoms with van der Waals surface area (Å²) in [7, 11) is 2.25. The number of pyridine rings is 1. The Morgan fingerprint density at radius 3 is 2.81 bits per heavy atom. The fourth-order valence-electron chi connectivity index (χ4n) is 3.73. The molecule has 1 aliphatic heterocycles. The third-order valence-corrected chi connectivity index (χ3v) is 5.07. The van der Waals surface area contributed by atoms with Crippen molar-refractivity contribution in [3.63, 3.8) is 0 Å². The van der Waals surface area contributed by atoms with Crippen LogP contribution in [0.5, 0.6) is 0 Å². The second-order valence-corrected chi connectivity index (χ2v) is 6.82. The van der Waals surface area contributed by atoms with Crippen molar-refractivity contribution in [2.75, 3.05) is 13.6 Å². The van der Waals surface area contributed by atoms with E-state index >= 15 is 0 Å². The molecule has 0 aliphatic carbocycles. The molecule has 0 bridgehead atoms. The largest absolute Gasteiger partial charge is 0.335 e. The molecule has 2 aromatic heterocycles. The number of aryl methyl sites for hydroxylation is 2. The number of nitrogens with one attached hydrogen (secondary N) is 2. The van der Waals surface area contributed by atoms with Gasteiger partial charge in [0.1, 0.15) is 0 Å². The summed E-state index contributed by atoms with van der Waals surface area (Å²) in [5, 5.41) is 3.79. The van der Waals surface area contributed by atoms with Crippen molar-refractivity contribution in [1.29, 1.82) is 0 Å². The molecule has 0 radical (unpaired) electrons. The average molecular weight is 289 g/mol. The van der Waals surface area contributed by atoms with Gasteiger partial charge in [-0.2, -0.15) is 0 Å². The van der Waals surface area contributed by atoms with Gasteiger partial charge in [-0.15, -0.1) is 0 Å². The second-order valence-electron chi connectivity index (χ2n) is 6.82. The lowest BCUT2D eigenvalue weighted by atomic mass is 9.90. The lowest BCUT2D eigenvalue weighted by molar-refractivity contribution is -0.914. The zero-order valence-corrected chi connectivity index (χ0v) is 13.5. The van der Waals surface area contributed by atoms with Crippen molar-refractivity contribution in [3.8, 4) is 0 Å². The maximum Gasteiger partial charge on any atom is 0.273 e. The van der Waals surface area contributed by atoms with Crippen LogP contribution < -0.4 is 10.5 Å².